The van der Waals surface area contributed by atoms with Crippen molar-refractivity contribution < 1.29 is 9.63 Å². The van der Waals surface area contributed by atoms with Gasteiger partial charge in [-0.2, -0.15) is 10.1 Å². The first-order valence-corrected chi connectivity index (χ1v) is 6.79. The summed E-state index contributed by atoms with van der Waals surface area (Å²) in [5.74, 6) is 1.25. The smallest absolute Gasteiger partial charge is 0.248 e. The minimum absolute atomic E-state index is 0.126. The van der Waals surface area contributed by atoms with Gasteiger partial charge in [-0.1, -0.05) is 25.9 Å². The van der Waals surface area contributed by atoms with Gasteiger partial charge >= 0.3 is 0 Å². The van der Waals surface area contributed by atoms with Gasteiger partial charge in [0.15, 0.2) is 5.82 Å². The lowest BCUT2D eigenvalue weighted by molar-refractivity contribution is 0.299. The first-order chi connectivity index (χ1) is 9.32. The Morgan fingerprint density at radius 1 is 1.25 bits per heavy atom. The van der Waals surface area contributed by atoms with E-state index in [1.54, 1.807) is 0 Å². The van der Waals surface area contributed by atoms with Crippen LogP contribution in [0.1, 0.15) is 49.4 Å². The summed E-state index contributed by atoms with van der Waals surface area (Å²) in [5.41, 5.74) is 2.93. The lowest BCUT2D eigenvalue weighted by Crippen LogP contribution is -2.13. The maximum Gasteiger partial charge on any atom is 0.248 e. The fourth-order valence-electron chi connectivity index (χ4n) is 2.11. The van der Waals surface area contributed by atoms with Crippen LogP contribution >= 0.6 is 0 Å². The molecule has 6 heteroatoms. The summed E-state index contributed by atoms with van der Waals surface area (Å²) in [6, 6.07) is 0. The van der Waals surface area contributed by atoms with Crippen molar-refractivity contribution in [1.82, 2.24) is 19.9 Å². The van der Waals surface area contributed by atoms with Crippen LogP contribution in [0.3, 0.4) is 0 Å². The van der Waals surface area contributed by atoms with Gasteiger partial charge in [0.25, 0.3) is 0 Å². The molecular formula is C14H22N4O2. The monoisotopic (exact) mass is 278 g/mol. The molecule has 110 valence electrons. The van der Waals surface area contributed by atoms with Gasteiger partial charge in [0.05, 0.1) is 5.69 Å². The second-order valence-corrected chi connectivity index (χ2v) is 6.04. The third-order valence-electron chi connectivity index (χ3n) is 3.32. The van der Waals surface area contributed by atoms with E-state index in [4.69, 9.17) is 9.63 Å². The minimum atomic E-state index is -0.126. The lowest BCUT2D eigenvalue weighted by Gasteiger charge is -2.10. The number of hydrogen-bond acceptors (Lipinski definition) is 5. The van der Waals surface area contributed by atoms with E-state index in [1.807, 2.05) is 39.3 Å². The number of aliphatic hydroxyl groups is 1. The molecule has 0 amide bonds. The van der Waals surface area contributed by atoms with Gasteiger partial charge in [0.1, 0.15) is 6.54 Å². The maximum absolute atomic E-state index is 9.08. The summed E-state index contributed by atoms with van der Waals surface area (Å²) in [6.07, 6.45) is 0.620. The van der Waals surface area contributed by atoms with Crippen molar-refractivity contribution in [2.75, 3.05) is 6.61 Å². The van der Waals surface area contributed by atoms with E-state index >= 15 is 0 Å². The summed E-state index contributed by atoms with van der Waals surface area (Å²) >= 11 is 0. The van der Waals surface area contributed by atoms with Gasteiger partial charge in [-0.25, -0.2) is 0 Å². The van der Waals surface area contributed by atoms with Gasteiger partial charge < -0.3 is 9.63 Å². The number of aliphatic hydroxyl groups excluding tert-OH is 1. The molecule has 0 radical (unpaired) electrons. The van der Waals surface area contributed by atoms with Crippen molar-refractivity contribution in [2.45, 2.75) is 53.0 Å². The Bertz CT molecular complexity index is 593. The fourth-order valence-corrected chi connectivity index (χ4v) is 2.11. The molecule has 2 aromatic rings. The Morgan fingerprint density at radius 2 is 1.95 bits per heavy atom. The summed E-state index contributed by atoms with van der Waals surface area (Å²) in [5, 5.41) is 17.6. The average Bonchev–Trinajstić information content (AvgIpc) is 2.90. The molecule has 2 aromatic heterocycles. The van der Waals surface area contributed by atoms with Crippen LogP contribution in [0, 0.1) is 13.8 Å². The van der Waals surface area contributed by atoms with Crippen LogP contribution in [-0.4, -0.2) is 31.6 Å². The first kappa shape index (κ1) is 14.7. The highest BCUT2D eigenvalue weighted by Crippen LogP contribution is 2.19. The maximum atomic E-state index is 9.08. The van der Waals surface area contributed by atoms with E-state index in [0.717, 1.165) is 17.0 Å². The molecule has 0 aliphatic heterocycles. The Morgan fingerprint density at radius 3 is 2.50 bits per heavy atom. The number of rotatable bonds is 4. The summed E-state index contributed by atoms with van der Waals surface area (Å²) in [7, 11) is 0. The molecule has 0 saturated heterocycles. The molecule has 0 aliphatic rings. The van der Waals surface area contributed by atoms with Gasteiger partial charge in [-0.3, -0.25) is 4.68 Å². The summed E-state index contributed by atoms with van der Waals surface area (Å²) in [6.45, 7) is 10.7. The van der Waals surface area contributed by atoms with E-state index < -0.39 is 0 Å². The topological polar surface area (TPSA) is 77.0 Å². The normalized spacial score (nSPS) is 12.1. The first-order valence-electron chi connectivity index (χ1n) is 6.79. The predicted molar refractivity (Wildman–Crippen MR) is 74.6 cm³/mol. The molecule has 2 heterocycles. The fraction of sp³-hybridized carbons (Fsp3) is 0.643. The minimum Gasteiger partial charge on any atom is -0.396 e. The number of aryl methyl sites for hydroxylation is 1. The van der Waals surface area contributed by atoms with Crippen molar-refractivity contribution in [3.8, 4) is 0 Å². The van der Waals surface area contributed by atoms with Crippen molar-refractivity contribution >= 4 is 0 Å². The second kappa shape index (κ2) is 5.36. The molecular weight excluding hydrogens is 256 g/mol. The van der Waals surface area contributed by atoms with Crippen LogP contribution in [0.25, 0.3) is 0 Å². The summed E-state index contributed by atoms with van der Waals surface area (Å²) < 4.78 is 7.14. The van der Waals surface area contributed by atoms with Crippen LogP contribution in [0.4, 0.5) is 0 Å². The zero-order valence-corrected chi connectivity index (χ0v) is 12.8. The molecule has 1 N–H and O–H groups in total. The van der Waals surface area contributed by atoms with Crippen molar-refractivity contribution in [1.29, 1.82) is 0 Å². The third kappa shape index (κ3) is 2.90. The zero-order chi connectivity index (χ0) is 14.9. The number of hydrogen-bond donors (Lipinski definition) is 1. The van der Waals surface area contributed by atoms with Gasteiger partial charge in [0.2, 0.25) is 5.89 Å². The van der Waals surface area contributed by atoms with Crippen LogP contribution in [-0.2, 0) is 18.4 Å². The van der Waals surface area contributed by atoms with Crippen molar-refractivity contribution in [2.24, 2.45) is 0 Å². The van der Waals surface area contributed by atoms with E-state index in [-0.39, 0.29) is 12.0 Å². The van der Waals surface area contributed by atoms with Gasteiger partial charge in [-0.15, -0.1) is 0 Å². The SMILES string of the molecule is Cc1nn(Cc2nc(C(C)(C)C)no2)c(C)c1CCO. The van der Waals surface area contributed by atoms with Gasteiger partial charge in [0, 0.05) is 17.7 Å². The van der Waals surface area contributed by atoms with Crippen molar-refractivity contribution in [3.63, 3.8) is 0 Å². The number of aromatic nitrogens is 4. The summed E-state index contributed by atoms with van der Waals surface area (Å²) in [4.78, 5) is 4.41. The predicted octanol–water partition coefficient (Wildman–Crippen LogP) is 1.76. The van der Waals surface area contributed by atoms with Crippen LogP contribution in [0.15, 0.2) is 4.52 Å². The molecule has 0 spiro atoms. The average molecular weight is 278 g/mol. The van der Waals surface area contributed by atoms with Crippen LogP contribution < -0.4 is 0 Å². The molecule has 0 aliphatic carbocycles. The quantitative estimate of drug-likeness (QED) is 0.922. The Kier molecular flexibility index (Phi) is 3.94. The number of nitrogens with zero attached hydrogens (tertiary/aromatic N) is 4. The Balaban J connectivity index is 2.22. The standard InChI is InChI=1S/C14H22N4O2/c1-9-11(6-7-19)10(2)18(16-9)8-12-15-13(17-20-12)14(3,4)5/h19H,6-8H2,1-5H3. The molecule has 0 aromatic carbocycles. The third-order valence-corrected chi connectivity index (χ3v) is 3.32. The molecule has 20 heavy (non-hydrogen) atoms. The van der Waals surface area contributed by atoms with E-state index in [2.05, 4.69) is 15.2 Å². The molecule has 0 bridgehead atoms. The Hall–Kier alpha value is -1.69. The van der Waals surface area contributed by atoms with Gasteiger partial charge in [-0.05, 0) is 25.8 Å². The molecule has 0 atom stereocenters. The molecule has 2 rings (SSSR count). The van der Waals surface area contributed by atoms with E-state index in [9.17, 15) is 0 Å². The van der Waals surface area contributed by atoms with Crippen LogP contribution in [0.2, 0.25) is 0 Å². The lowest BCUT2D eigenvalue weighted by atomic mass is 9.96. The van der Waals surface area contributed by atoms with E-state index in [0.29, 0.717) is 24.7 Å². The molecule has 0 saturated carbocycles. The molecule has 6 nitrogen and oxygen atoms in total. The van der Waals surface area contributed by atoms with Crippen LogP contribution in [0.5, 0.6) is 0 Å². The second-order valence-electron chi connectivity index (χ2n) is 6.04. The largest absolute Gasteiger partial charge is 0.396 e. The van der Waals surface area contributed by atoms with Crippen molar-refractivity contribution in [3.05, 3.63) is 28.7 Å². The highest BCUT2D eigenvalue weighted by Gasteiger charge is 2.21. The van der Waals surface area contributed by atoms with E-state index in [1.165, 1.54) is 0 Å². The Labute approximate surface area is 118 Å². The highest BCUT2D eigenvalue weighted by atomic mass is 16.5. The highest BCUT2D eigenvalue weighted by molar-refractivity contribution is 5.25. The molecule has 0 fully saturated rings. The zero-order valence-electron chi connectivity index (χ0n) is 12.8. The molecule has 0 unspecified atom stereocenters.